The van der Waals surface area contributed by atoms with Gasteiger partial charge in [-0.2, -0.15) is 0 Å². The second-order valence-corrected chi connectivity index (χ2v) is 5.67. The highest BCUT2D eigenvalue weighted by Crippen LogP contribution is 2.40. The van der Waals surface area contributed by atoms with Crippen molar-refractivity contribution in [2.75, 3.05) is 13.1 Å². The normalized spacial score (nSPS) is 17.4. The molecule has 3 N–H and O–H groups in total. The van der Waals surface area contributed by atoms with Crippen LogP contribution in [0.5, 0.6) is 0 Å². The van der Waals surface area contributed by atoms with E-state index in [1.165, 1.54) is 36.8 Å². The topological polar surface area (TPSA) is 55.1 Å². The molecule has 0 aliphatic heterocycles. The minimum absolute atomic E-state index is 0.0708. The molecule has 0 heterocycles. The van der Waals surface area contributed by atoms with Crippen LogP contribution in [0.3, 0.4) is 0 Å². The third-order valence-electron chi connectivity index (χ3n) is 4.19. The zero-order valence-corrected chi connectivity index (χ0v) is 11.7. The highest BCUT2D eigenvalue weighted by molar-refractivity contribution is 5.76. The second kappa shape index (κ2) is 6.20. The van der Waals surface area contributed by atoms with E-state index in [-0.39, 0.29) is 11.3 Å². The third kappa shape index (κ3) is 3.35. The maximum absolute atomic E-state index is 11.6. The quantitative estimate of drug-likeness (QED) is 0.853. The van der Waals surface area contributed by atoms with Crippen LogP contribution in [0.15, 0.2) is 24.3 Å². The van der Waals surface area contributed by atoms with Crippen LogP contribution in [0.1, 0.15) is 43.2 Å². The number of carbonyl (C=O) groups is 1. The minimum Gasteiger partial charge on any atom is -0.355 e. The molecule has 1 aromatic carbocycles. The Kier molecular flexibility index (Phi) is 4.59. The van der Waals surface area contributed by atoms with Crippen LogP contribution < -0.4 is 11.1 Å². The van der Waals surface area contributed by atoms with Crippen LogP contribution in [-0.4, -0.2) is 19.0 Å². The molecular formula is C16H24N2O. The first kappa shape index (κ1) is 14.1. The van der Waals surface area contributed by atoms with Crippen LogP contribution in [0.4, 0.5) is 0 Å². The van der Waals surface area contributed by atoms with Crippen molar-refractivity contribution in [2.45, 2.75) is 44.4 Å². The number of nitrogens with two attached hydrogens (primary N) is 1. The van der Waals surface area contributed by atoms with E-state index in [0.717, 1.165) is 6.54 Å². The van der Waals surface area contributed by atoms with Gasteiger partial charge in [-0.3, -0.25) is 4.79 Å². The van der Waals surface area contributed by atoms with E-state index in [1.54, 1.807) is 0 Å². The summed E-state index contributed by atoms with van der Waals surface area (Å²) in [6.07, 6.45) is 5.25. The van der Waals surface area contributed by atoms with Gasteiger partial charge in [0.25, 0.3) is 0 Å². The lowest BCUT2D eigenvalue weighted by molar-refractivity contribution is -0.121. The fourth-order valence-electron chi connectivity index (χ4n) is 3.08. The van der Waals surface area contributed by atoms with Crippen LogP contribution in [0.25, 0.3) is 0 Å². The SMILES string of the molecule is Cc1cccc(C2(CNC(=O)CCN)CCCC2)c1. The van der Waals surface area contributed by atoms with Gasteiger partial charge in [0, 0.05) is 24.9 Å². The van der Waals surface area contributed by atoms with Crippen molar-refractivity contribution < 1.29 is 4.79 Å². The van der Waals surface area contributed by atoms with Crippen LogP contribution >= 0.6 is 0 Å². The molecule has 2 rings (SSSR count). The van der Waals surface area contributed by atoms with Crippen molar-refractivity contribution >= 4 is 5.91 Å². The van der Waals surface area contributed by atoms with E-state index < -0.39 is 0 Å². The Morgan fingerprint density at radius 1 is 1.37 bits per heavy atom. The van der Waals surface area contributed by atoms with E-state index in [4.69, 9.17) is 5.73 Å². The number of amides is 1. The number of nitrogens with one attached hydrogen (secondary N) is 1. The molecule has 3 nitrogen and oxygen atoms in total. The van der Waals surface area contributed by atoms with Crippen molar-refractivity contribution in [3.63, 3.8) is 0 Å². The standard InChI is InChI=1S/C16H24N2O/c1-13-5-4-6-14(11-13)16(8-2-3-9-16)12-18-15(19)7-10-17/h4-6,11H,2-3,7-10,12,17H2,1H3,(H,18,19). The molecule has 0 bridgehead atoms. The van der Waals surface area contributed by atoms with Crippen molar-refractivity contribution in [1.82, 2.24) is 5.32 Å². The molecule has 19 heavy (non-hydrogen) atoms. The van der Waals surface area contributed by atoms with Crippen LogP contribution in [0, 0.1) is 6.92 Å². The largest absolute Gasteiger partial charge is 0.355 e. The molecule has 1 aromatic rings. The number of hydrogen-bond donors (Lipinski definition) is 2. The molecule has 0 spiro atoms. The van der Waals surface area contributed by atoms with E-state index in [9.17, 15) is 4.79 Å². The van der Waals surface area contributed by atoms with E-state index in [0.29, 0.717) is 13.0 Å². The molecule has 0 atom stereocenters. The van der Waals surface area contributed by atoms with Crippen molar-refractivity contribution in [3.05, 3.63) is 35.4 Å². The maximum Gasteiger partial charge on any atom is 0.221 e. The van der Waals surface area contributed by atoms with Crippen LogP contribution in [-0.2, 0) is 10.2 Å². The van der Waals surface area contributed by atoms with Gasteiger partial charge in [0.1, 0.15) is 0 Å². The highest BCUT2D eigenvalue weighted by Gasteiger charge is 2.35. The molecular weight excluding hydrogens is 236 g/mol. The average Bonchev–Trinajstić information content (AvgIpc) is 2.87. The van der Waals surface area contributed by atoms with Crippen molar-refractivity contribution in [1.29, 1.82) is 0 Å². The summed E-state index contributed by atoms with van der Waals surface area (Å²) >= 11 is 0. The molecule has 1 saturated carbocycles. The number of rotatable bonds is 5. The molecule has 1 fully saturated rings. The first-order chi connectivity index (χ1) is 9.16. The monoisotopic (exact) mass is 260 g/mol. The van der Waals surface area contributed by atoms with Gasteiger partial charge in [-0.25, -0.2) is 0 Å². The number of aryl methyl sites for hydroxylation is 1. The summed E-state index contributed by atoms with van der Waals surface area (Å²) in [6.45, 7) is 3.29. The summed E-state index contributed by atoms with van der Waals surface area (Å²) < 4.78 is 0. The van der Waals surface area contributed by atoms with Gasteiger partial charge in [0.2, 0.25) is 5.91 Å². The molecule has 104 valence electrons. The molecule has 1 amide bonds. The highest BCUT2D eigenvalue weighted by atomic mass is 16.1. The first-order valence-electron chi connectivity index (χ1n) is 7.20. The Balaban J connectivity index is 2.12. The smallest absolute Gasteiger partial charge is 0.221 e. The Morgan fingerprint density at radius 3 is 2.74 bits per heavy atom. The van der Waals surface area contributed by atoms with Gasteiger partial charge in [-0.1, -0.05) is 42.7 Å². The Morgan fingerprint density at radius 2 is 2.11 bits per heavy atom. The molecule has 0 saturated heterocycles. The second-order valence-electron chi connectivity index (χ2n) is 5.67. The summed E-state index contributed by atoms with van der Waals surface area (Å²) in [5.74, 6) is 0.0708. The molecule has 0 unspecified atom stereocenters. The summed E-state index contributed by atoms with van der Waals surface area (Å²) in [4.78, 5) is 11.6. The lowest BCUT2D eigenvalue weighted by atomic mass is 9.78. The van der Waals surface area contributed by atoms with Crippen molar-refractivity contribution in [3.8, 4) is 0 Å². The van der Waals surface area contributed by atoms with E-state index in [1.807, 2.05) is 0 Å². The summed E-state index contributed by atoms with van der Waals surface area (Å²) in [6, 6.07) is 8.71. The predicted molar refractivity (Wildman–Crippen MR) is 78.0 cm³/mol. The Bertz CT molecular complexity index is 436. The number of carbonyl (C=O) groups excluding carboxylic acids is 1. The minimum atomic E-state index is 0.0708. The lowest BCUT2D eigenvalue weighted by Gasteiger charge is -2.30. The Hall–Kier alpha value is -1.35. The fourth-order valence-corrected chi connectivity index (χ4v) is 3.08. The zero-order chi connectivity index (χ0) is 13.7. The maximum atomic E-state index is 11.6. The lowest BCUT2D eigenvalue weighted by Crippen LogP contribution is -2.39. The zero-order valence-electron chi connectivity index (χ0n) is 11.7. The summed E-state index contributed by atoms with van der Waals surface area (Å²) in [7, 11) is 0. The fraction of sp³-hybridized carbons (Fsp3) is 0.562. The van der Waals surface area contributed by atoms with Gasteiger partial charge in [0.05, 0.1) is 0 Å². The molecule has 1 aliphatic carbocycles. The van der Waals surface area contributed by atoms with Gasteiger partial charge < -0.3 is 11.1 Å². The molecule has 1 aliphatic rings. The van der Waals surface area contributed by atoms with Gasteiger partial charge in [-0.05, 0) is 25.3 Å². The molecule has 0 radical (unpaired) electrons. The van der Waals surface area contributed by atoms with Gasteiger partial charge in [0.15, 0.2) is 0 Å². The molecule has 0 aromatic heterocycles. The molecule has 3 heteroatoms. The summed E-state index contributed by atoms with van der Waals surface area (Å²) in [5.41, 5.74) is 8.21. The van der Waals surface area contributed by atoms with Gasteiger partial charge >= 0.3 is 0 Å². The van der Waals surface area contributed by atoms with Crippen LogP contribution in [0.2, 0.25) is 0 Å². The van der Waals surface area contributed by atoms with Crippen molar-refractivity contribution in [2.24, 2.45) is 5.73 Å². The Labute approximate surface area is 115 Å². The predicted octanol–water partition coefficient (Wildman–Crippen LogP) is 2.27. The average molecular weight is 260 g/mol. The number of hydrogen-bond acceptors (Lipinski definition) is 2. The number of benzene rings is 1. The van der Waals surface area contributed by atoms with E-state index in [2.05, 4.69) is 36.5 Å². The van der Waals surface area contributed by atoms with Gasteiger partial charge in [-0.15, -0.1) is 0 Å². The first-order valence-corrected chi connectivity index (χ1v) is 7.20. The third-order valence-corrected chi connectivity index (χ3v) is 4.19. The van der Waals surface area contributed by atoms with E-state index >= 15 is 0 Å². The summed E-state index contributed by atoms with van der Waals surface area (Å²) in [5, 5.41) is 3.07.